The van der Waals surface area contributed by atoms with Gasteiger partial charge < -0.3 is 10.0 Å². The van der Waals surface area contributed by atoms with Gasteiger partial charge in [0, 0.05) is 24.4 Å². The van der Waals surface area contributed by atoms with Crippen molar-refractivity contribution >= 4 is 15.9 Å². The zero-order valence-electron chi connectivity index (χ0n) is 19.8. The van der Waals surface area contributed by atoms with E-state index >= 15 is 0 Å². The standard InChI is InChI=1S/C28H32N2O4S/c31-19-26-28(24-15-13-22(14-16-24)12-6-11-21-7-4-5-8-21)25-17-29(18-27(32)30(25)26)35(33,34)20-23-9-2-1-3-10-23/h1-3,9-10,13-16,21,25-26,28,31H,4-5,7-8,11,17-20H2/t25-,26+,28-/m0/s1. The molecule has 2 aliphatic heterocycles. The molecule has 35 heavy (non-hydrogen) atoms. The van der Waals surface area contributed by atoms with E-state index in [0.717, 1.165) is 23.5 Å². The van der Waals surface area contributed by atoms with E-state index in [1.54, 1.807) is 17.0 Å². The number of aliphatic hydroxyl groups excluding tert-OH is 1. The highest BCUT2D eigenvalue weighted by Crippen LogP contribution is 2.43. The number of hydrogen-bond donors (Lipinski definition) is 1. The molecule has 2 aromatic carbocycles. The molecule has 184 valence electrons. The van der Waals surface area contributed by atoms with Gasteiger partial charge in [0.05, 0.1) is 31.0 Å². The minimum Gasteiger partial charge on any atom is -0.394 e. The van der Waals surface area contributed by atoms with E-state index in [0.29, 0.717) is 5.56 Å². The van der Waals surface area contributed by atoms with Gasteiger partial charge in [0.2, 0.25) is 15.9 Å². The van der Waals surface area contributed by atoms with Crippen molar-refractivity contribution in [1.82, 2.24) is 9.21 Å². The number of piperazine rings is 1. The summed E-state index contributed by atoms with van der Waals surface area (Å²) in [5.41, 5.74) is 2.66. The van der Waals surface area contributed by atoms with E-state index in [4.69, 9.17) is 0 Å². The van der Waals surface area contributed by atoms with Gasteiger partial charge in [0.15, 0.2) is 0 Å². The van der Waals surface area contributed by atoms with Crippen molar-refractivity contribution in [3.05, 3.63) is 71.3 Å². The Bertz CT molecular complexity index is 1210. The predicted molar refractivity (Wildman–Crippen MR) is 135 cm³/mol. The summed E-state index contributed by atoms with van der Waals surface area (Å²) in [4.78, 5) is 14.6. The van der Waals surface area contributed by atoms with Gasteiger partial charge in [0.1, 0.15) is 0 Å². The Morgan fingerprint density at radius 3 is 2.40 bits per heavy atom. The monoisotopic (exact) mass is 492 g/mol. The van der Waals surface area contributed by atoms with Crippen molar-refractivity contribution in [2.75, 3.05) is 19.7 Å². The summed E-state index contributed by atoms with van der Waals surface area (Å²) in [6.07, 6.45) is 6.16. The summed E-state index contributed by atoms with van der Waals surface area (Å²) in [7, 11) is -3.64. The summed E-state index contributed by atoms with van der Waals surface area (Å²) in [5, 5.41) is 10.0. The van der Waals surface area contributed by atoms with Crippen LogP contribution in [0.15, 0.2) is 54.6 Å². The van der Waals surface area contributed by atoms with Crippen LogP contribution in [0.4, 0.5) is 0 Å². The van der Waals surface area contributed by atoms with E-state index in [1.165, 1.54) is 30.0 Å². The first-order valence-corrected chi connectivity index (χ1v) is 14.1. The zero-order valence-corrected chi connectivity index (χ0v) is 20.7. The zero-order chi connectivity index (χ0) is 24.4. The van der Waals surface area contributed by atoms with Crippen molar-refractivity contribution in [3.8, 4) is 11.8 Å². The molecule has 6 nitrogen and oxygen atoms in total. The number of carbonyl (C=O) groups excluding carboxylic acids is 1. The smallest absolute Gasteiger partial charge is 0.238 e. The van der Waals surface area contributed by atoms with E-state index in [2.05, 4.69) is 11.8 Å². The van der Waals surface area contributed by atoms with Gasteiger partial charge in [-0.15, -0.1) is 0 Å². The Kier molecular flexibility index (Phi) is 6.97. The maximum Gasteiger partial charge on any atom is 0.238 e. The fraction of sp³-hybridized carbons (Fsp3) is 0.464. The van der Waals surface area contributed by atoms with Crippen molar-refractivity contribution in [2.24, 2.45) is 5.92 Å². The largest absolute Gasteiger partial charge is 0.394 e. The minimum atomic E-state index is -3.64. The minimum absolute atomic E-state index is 0.112. The third kappa shape index (κ3) is 5.02. The first kappa shape index (κ1) is 24.1. The normalized spacial score (nSPS) is 25.0. The highest BCUT2D eigenvalue weighted by Gasteiger charge is 2.55. The quantitative estimate of drug-likeness (QED) is 0.629. The van der Waals surface area contributed by atoms with Gasteiger partial charge in [-0.05, 0) is 42.0 Å². The maximum absolute atomic E-state index is 13.1. The molecule has 0 spiro atoms. The van der Waals surface area contributed by atoms with Gasteiger partial charge in [-0.1, -0.05) is 67.1 Å². The average molecular weight is 493 g/mol. The molecule has 0 radical (unpaired) electrons. The first-order chi connectivity index (χ1) is 17.0. The van der Waals surface area contributed by atoms with Crippen molar-refractivity contribution in [3.63, 3.8) is 0 Å². The van der Waals surface area contributed by atoms with Crippen LogP contribution in [0.5, 0.6) is 0 Å². The lowest BCUT2D eigenvalue weighted by atomic mass is 9.74. The molecule has 2 aromatic rings. The number of hydrogen-bond acceptors (Lipinski definition) is 4. The summed E-state index contributed by atoms with van der Waals surface area (Å²) < 4.78 is 27.5. The van der Waals surface area contributed by atoms with Gasteiger partial charge in [-0.2, -0.15) is 4.31 Å². The summed E-state index contributed by atoms with van der Waals surface area (Å²) in [6.45, 7) is -0.0813. The molecule has 1 saturated carbocycles. The predicted octanol–water partition coefficient (Wildman–Crippen LogP) is 3.12. The highest BCUT2D eigenvalue weighted by atomic mass is 32.2. The number of amides is 1. The van der Waals surface area contributed by atoms with Crippen LogP contribution < -0.4 is 0 Å². The molecule has 7 heteroatoms. The lowest BCUT2D eigenvalue weighted by Gasteiger charge is -2.58. The number of carbonyl (C=O) groups is 1. The Hall–Kier alpha value is -2.66. The number of rotatable bonds is 6. The summed E-state index contributed by atoms with van der Waals surface area (Å²) >= 11 is 0. The Balaban J connectivity index is 1.30. The summed E-state index contributed by atoms with van der Waals surface area (Å²) in [5.74, 6) is 6.82. The van der Waals surface area contributed by atoms with E-state index in [1.807, 2.05) is 42.5 Å². The Labute approximate surface area is 208 Å². The second-order valence-corrected chi connectivity index (χ2v) is 11.9. The van der Waals surface area contributed by atoms with Crippen molar-refractivity contribution < 1.29 is 18.3 Å². The number of aliphatic hydroxyl groups is 1. The third-order valence-corrected chi connectivity index (χ3v) is 9.46. The van der Waals surface area contributed by atoms with Crippen LogP contribution in [0, 0.1) is 17.8 Å². The van der Waals surface area contributed by atoms with Gasteiger partial charge in [-0.25, -0.2) is 8.42 Å². The SMILES string of the molecule is O=C1CN(S(=O)(=O)Cc2ccccc2)C[C@H]2[C@H](c3ccc(C#CCC4CCCC4)cc3)[C@@H](CO)N12. The average Bonchev–Trinajstić information content (AvgIpc) is 3.35. The molecule has 0 bridgehead atoms. The molecule has 3 aliphatic rings. The number of sulfonamides is 1. The maximum atomic E-state index is 13.1. The van der Waals surface area contributed by atoms with Gasteiger partial charge in [-0.3, -0.25) is 4.79 Å². The highest BCUT2D eigenvalue weighted by molar-refractivity contribution is 7.88. The molecule has 1 amide bonds. The topological polar surface area (TPSA) is 77.9 Å². The number of benzene rings is 2. The lowest BCUT2D eigenvalue weighted by Crippen LogP contribution is -2.73. The van der Waals surface area contributed by atoms with Crippen LogP contribution in [0.2, 0.25) is 0 Å². The molecule has 3 fully saturated rings. The van der Waals surface area contributed by atoms with E-state index in [9.17, 15) is 18.3 Å². The van der Waals surface area contributed by atoms with Gasteiger partial charge in [0.25, 0.3) is 0 Å². The van der Waals surface area contributed by atoms with Crippen LogP contribution in [-0.2, 0) is 20.6 Å². The molecule has 0 unspecified atom stereocenters. The summed E-state index contributed by atoms with van der Waals surface area (Å²) in [6, 6.07) is 16.4. The van der Waals surface area contributed by atoms with E-state index < -0.39 is 10.0 Å². The Morgan fingerprint density at radius 1 is 1.00 bits per heavy atom. The fourth-order valence-corrected chi connectivity index (χ4v) is 7.34. The molecule has 0 aromatic heterocycles. The van der Waals surface area contributed by atoms with E-state index in [-0.39, 0.29) is 49.4 Å². The first-order valence-electron chi connectivity index (χ1n) is 12.5. The fourth-order valence-electron chi connectivity index (χ4n) is 5.86. The van der Waals surface area contributed by atoms with Crippen molar-refractivity contribution in [2.45, 2.75) is 55.9 Å². The molecule has 3 atom stereocenters. The second-order valence-electron chi connectivity index (χ2n) is 9.96. The Morgan fingerprint density at radius 2 is 1.71 bits per heavy atom. The van der Waals surface area contributed by atoms with Crippen LogP contribution in [0.1, 0.15) is 54.7 Å². The van der Waals surface area contributed by atoms with Crippen LogP contribution in [0.3, 0.4) is 0 Å². The molecular weight excluding hydrogens is 460 g/mol. The third-order valence-electron chi connectivity index (χ3n) is 7.70. The molecule has 2 heterocycles. The number of fused-ring (bicyclic) bond motifs is 1. The van der Waals surface area contributed by atoms with Crippen molar-refractivity contribution in [1.29, 1.82) is 0 Å². The van der Waals surface area contributed by atoms with Crippen LogP contribution in [-0.4, -0.2) is 60.4 Å². The molecule has 5 rings (SSSR count). The molecule has 1 aliphatic carbocycles. The van der Waals surface area contributed by atoms with Crippen LogP contribution >= 0.6 is 0 Å². The molecule has 2 saturated heterocycles. The van der Waals surface area contributed by atoms with Crippen LogP contribution in [0.25, 0.3) is 0 Å². The molecule has 1 N–H and O–H groups in total. The van der Waals surface area contributed by atoms with Gasteiger partial charge >= 0.3 is 0 Å². The lowest BCUT2D eigenvalue weighted by molar-refractivity contribution is -0.158. The molecular formula is C28H32N2O4S. The second kappa shape index (κ2) is 10.1. The number of nitrogens with zero attached hydrogens (tertiary/aromatic N) is 2.